The van der Waals surface area contributed by atoms with Crippen LogP contribution in [0.2, 0.25) is 0 Å². The standard InChI is InChI=1S/C11H18N2O3/c1-4-7-16-13(2)9-5-6-10(12-8-9)11(14)15-3/h4-6,9-10,12H,1,7-8H2,2-3H3. The molecule has 0 aromatic rings. The maximum absolute atomic E-state index is 11.2. The van der Waals surface area contributed by atoms with Crippen LogP contribution in [0.25, 0.3) is 0 Å². The van der Waals surface area contributed by atoms with Gasteiger partial charge in [-0.15, -0.1) is 6.58 Å². The normalized spacial score (nSPS) is 24.4. The van der Waals surface area contributed by atoms with Gasteiger partial charge in [-0.05, 0) is 0 Å². The summed E-state index contributed by atoms with van der Waals surface area (Å²) in [7, 11) is 3.22. The molecular weight excluding hydrogens is 208 g/mol. The van der Waals surface area contributed by atoms with Crippen LogP contribution >= 0.6 is 0 Å². The summed E-state index contributed by atoms with van der Waals surface area (Å²) in [5.74, 6) is -0.274. The van der Waals surface area contributed by atoms with Crippen LogP contribution in [0.5, 0.6) is 0 Å². The number of nitrogens with zero attached hydrogens (tertiary/aromatic N) is 1. The number of hydrogen-bond acceptors (Lipinski definition) is 5. The maximum atomic E-state index is 11.2. The molecular formula is C11H18N2O3. The molecule has 2 unspecified atom stereocenters. The number of hydroxylamine groups is 2. The lowest BCUT2D eigenvalue weighted by Gasteiger charge is -2.29. The monoisotopic (exact) mass is 226 g/mol. The van der Waals surface area contributed by atoms with Crippen LogP contribution in [-0.2, 0) is 14.4 Å². The van der Waals surface area contributed by atoms with Crippen molar-refractivity contribution in [1.82, 2.24) is 10.4 Å². The van der Waals surface area contributed by atoms with E-state index in [9.17, 15) is 4.79 Å². The third-order valence-corrected chi connectivity index (χ3v) is 2.39. The van der Waals surface area contributed by atoms with Gasteiger partial charge in [0, 0.05) is 13.6 Å². The third kappa shape index (κ3) is 3.44. The van der Waals surface area contributed by atoms with Crippen LogP contribution in [0.1, 0.15) is 0 Å². The molecule has 0 aromatic carbocycles. The van der Waals surface area contributed by atoms with Crippen LogP contribution < -0.4 is 5.32 Å². The van der Waals surface area contributed by atoms with E-state index >= 15 is 0 Å². The van der Waals surface area contributed by atoms with Gasteiger partial charge in [0.15, 0.2) is 0 Å². The van der Waals surface area contributed by atoms with Crippen molar-refractivity contribution in [2.24, 2.45) is 0 Å². The summed E-state index contributed by atoms with van der Waals surface area (Å²) in [6, 6.07) is -0.241. The topological polar surface area (TPSA) is 50.8 Å². The lowest BCUT2D eigenvalue weighted by molar-refractivity contribution is -0.150. The van der Waals surface area contributed by atoms with Crippen LogP contribution in [0.3, 0.4) is 0 Å². The second-order valence-corrected chi connectivity index (χ2v) is 3.49. The van der Waals surface area contributed by atoms with Crippen LogP contribution in [0.4, 0.5) is 0 Å². The van der Waals surface area contributed by atoms with Crippen molar-refractivity contribution in [2.75, 3.05) is 27.3 Å². The average molecular weight is 226 g/mol. The smallest absolute Gasteiger partial charge is 0.326 e. The summed E-state index contributed by atoms with van der Waals surface area (Å²) in [5.41, 5.74) is 0. The molecule has 1 rings (SSSR count). The SMILES string of the molecule is C=CCON(C)C1C=CC(C(=O)OC)NC1. The van der Waals surface area contributed by atoms with E-state index in [4.69, 9.17) is 4.84 Å². The maximum Gasteiger partial charge on any atom is 0.326 e. The van der Waals surface area contributed by atoms with Gasteiger partial charge in [-0.25, -0.2) is 0 Å². The Kier molecular flexibility index (Phi) is 5.18. The molecule has 1 aliphatic rings. The molecule has 5 nitrogen and oxygen atoms in total. The van der Waals surface area contributed by atoms with Crippen LogP contribution in [0, 0.1) is 0 Å². The molecule has 90 valence electrons. The fraction of sp³-hybridized carbons (Fsp3) is 0.545. The highest BCUT2D eigenvalue weighted by atomic mass is 16.7. The minimum Gasteiger partial charge on any atom is -0.468 e. The van der Waals surface area contributed by atoms with E-state index in [-0.39, 0.29) is 18.1 Å². The van der Waals surface area contributed by atoms with E-state index in [0.29, 0.717) is 13.2 Å². The van der Waals surface area contributed by atoms with E-state index in [1.807, 2.05) is 13.1 Å². The van der Waals surface area contributed by atoms with Crippen LogP contribution in [-0.4, -0.2) is 50.4 Å². The number of carbonyl (C=O) groups excluding carboxylic acids is 1. The number of likely N-dealkylation sites (N-methyl/N-ethyl adjacent to an activating group) is 1. The van der Waals surface area contributed by atoms with E-state index in [1.165, 1.54) is 7.11 Å². The number of rotatable bonds is 5. The number of methoxy groups -OCH3 is 1. The van der Waals surface area contributed by atoms with Crippen molar-refractivity contribution in [1.29, 1.82) is 0 Å². The molecule has 0 saturated heterocycles. The highest BCUT2D eigenvalue weighted by Gasteiger charge is 2.23. The molecule has 0 fully saturated rings. The zero-order chi connectivity index (χ0) is 12.0. The van der Waals surface area contributed by atoms with E-state index in [2.05, 4.69) is 16.6 Å². The zero-order valence-electron chi connectivity index (χ0n) is 9.68. The molecule has 0 amide bonds. The summed E-state index contributed by atoms with van der Waals surface area (Å²) in [5, 5.41) is 4.80. The van der Waals surface area contributed by atoms with Crippen LogP contribution in [0.15, 0.2) is 24.8 Å². The van der Waals surface area contributed by atoms with E-state index in [1.54, 1.807) is 17.2 Å². The fourth-order valence-corrected chi connectivity index (χ4v) is 1.43. The Morgan fingerprint density at radius 3 is 2.94 bits per heavy atom. The van der Waals surface area contributed by atoms with Gasteiger partial charge < -0.3 is 4.74 Å². The summed E-state index contributed by atoms with van der Waals surface area (Å²) in [6.07, 6.45) is 5.41. The molecule has 0 saturated carbocycles. The molecule has 0 aliphatic carbocycles. The molecule has 0 aromatic heterocycles. The molecule has 1 N–H and O–H groups in total. The van der Waals surface area contributed by atoms with Gasteiger partial charge in [-0.2, -0.15) is 5.06 Å². The first-order chi connectivity index (χ1) is 7.69. The van der Waals surface area contributed by atoms with Crippen molar-refractivity contribution < 1.29 is 14.4 Å². The minimum absolute atomic E-state index is 0.112. The fourth-order valence-electron chi connectivity index (χ4n) is 1.43. The molecule has 0 bridgehead atoms. The van der Waals surface area contributed by atoms with Gasteiger partial charge in [0.1, 0.15) is 6.04 Å². The van der Waals surface area contributed by atoms with E-state index in [0.717, 1.165) is 0 Å². The van der Waals surface area contributed by atoms with Gasteiger partial charge in [0.05, 0.1) is 19.8 Å². The summed E-state index contributed by atoms with van der Waals surface area (Å²) < 4.78 is 4.64. The Labute approximate surface area is 95.7 Å². The number of ether oxygens (including phenoxy) is 1. The van der Waals surface area contributed by atoms with Gasteiger partial charge in [-0.3, -0.25) is 14.9 Å². The number of esters is 1. The number of nitrogens with one attached hydrogen (secondary N) is 1. The van der Waals surface area contributed by atoms with Crippen molar-refractivity contribution in [3.63, 3.8) is 0 Å². The van der Waals surface area contributed by atoms with Crippen molar-refractivity contribution in [2.45, 2.75) is 12.1 Å². The Hall–Kier alpha value is -1.17. The lowest BCUT2D eigenvalue weighted by Crippen LogP contribution is -2.48. The van der Waals surface area contributed by atoms with Crippen molar-refractivity contribution >= 4 is 5.97 Å². The summed E-state index contributed by atoms with van der Waals surface area (Å²) >= 11 is 0. The molecule has 1 heterocycles. The zero-order valence-corrected chi connectivity index (χ0v) is 9.68. The first kappa shape index (κ1) is 12.9. The van der Waals surface area contributed by atoms with Crippen molar-refractivity contribution in [3.8, 4) is 0 Å². The molecule has 0 spiro atoms. The molecule has 0 radical (unpaired) electrons. The molecule has 16 heavy (non-hydrogen) atoms. The highest BCUT2D eigenvalue weighted by molar-refractivity contribution is 5.78. The number of carbonyl (C=O) groups is 1. The summed E-state index contributed by atoms with van der Waals surface area (Å²) in [4.78, 5) is 16.6. The van der Waals surface area contributed by atoms with Crippen molar-refractivity contribution in [3.05, 3.63) is 24.8 Å². The average Bonchev–Trinajstić information content (AvgIpc) is 2.35. The van der Waals surface area contributed by atoms with Gasteiger partial charge in [-0.1, -0.05) is 18.2 Å². The first-order valence-corrected chi connectivity index (χ1v) is 5.15. The minimum atomic E-state index is -0.353. The molecule has 5 heteroatoms. The quantitative estimate of drug-likeness (QED) is 0.409. The second kappa shape index (κ2) is 6.42. The van der Waals surface area contributed by atoms with Gasteiger partial charge in [0.25, 0.3) is 0 Å². The second-order valence-electron chi connectivity index (χ2n) is 3.49. The number of hydrogen-bond donors (Lipinski definition) is 1. The Morgan fingerprint density at radius 1 is 1.69 bits per heavy atom. The summed E-state index contributed by atoms with van der Waals surface area (Å²) in [6.45, 7) is 4.69. The third-order valence-electron chi connectivity index (χ3n) is 2.39. The largest absolute Gasteiger partial charge is 0.468 e. The lowest BCUT2D eigenvalue weighted by atomic mass is 10.1. The molecule has 1 aliphatic heterocycles. The van der Waals surface area contributed by atoms with E-state index < -0.39 is 0 Å². The molecule has 2 atom stereocenters. The predicted molar refractivity (Wildman–Crippen MR) is 60.6 cm³/mol. The predicted octanol–water partition coefficient (Wildman–Crippen LogP) is 0.105. The first-order valence-electron chi connectivity index (χ1n) is 5.15. The Balaban J connectivity index is 2.44. The van der Waals surface area contributed by atoms with Gasteiger partial charge in [0.2, 0.25) is 0 Å². The van der Waals surface area contributed by atoms with Gasteiger partial charge >= 0.3 is 5.97 Å². The Bertz CT molecular complexity index is 278. The Morgan fingerprint density at radius 2 is 2.44 bits per heavy atom. The highest BCUT2D eigenvalue weighted by Crippen LogP contribution is 2.06.